The summed E-state index contributed by atoms with van der Waals surface area (Å²) in [6, 6.07) is 0.727. The zero-order valence-electron chi connectivity index (χ0n) is 11.4. The molecule has 2 nitrogen and oxygen atoms in total. The molecule has 0 heterocycles. The van der Waals surface area contributed by atoms with Crippen LogP contribution in [0, 0.1) is 11.8 Å². The molecule has 3 atom stereocenters. The number of rotatable bonds is 6. The molecule has 3 unspecified atom stereocenters. The maximum Gasteiger partial charge on any atom is 0.00643 e. The van der Waals surface area contributed by atoms with Crippen LogP contribution in [-0.2, 0) is 0 Å². The molecule has 96 valence electrons. The molecule has 0 aromatic rings. The van der Waals surface area contributed by atoms with Crippen molar-refractivity contribution < 1.29 is 0 Å². The second kappa shape index (κ2) is 7.29. The molecule has 0 aromatic heterocycles. The molecule has 0 spiro atoms. The minimum absolute atomic E-state index is 0.727. The fourth-order valence-corrected chi connectivity index (χ4v) is 3.02. The Morgan fingerprint density at radius 2 is 1.81 bits per heavy atom. The van der Waals surface area contributed by atoms with Gasteiger partial charge < -0.3 is 10.6 Å². The summed E-state index contributed by atoms with van der Waals surface area (Å²) in [6.45, 7) is 10.3. The molecule has 1 aliphatic carbocycles. The van der Waals surface area contributed by atoms with E-state index < -0.39 is 0 Å². The normalized spacial score (nSPS) is 28.3. The highest BCUT2D eigenvalue weighted by molar-refractivity contribution is 4.80. The van der Waals surface area contributed by atoms with Crippen LogP contribution < -0.4 is 5.73 Å². The fourth-order valence-electron chi connectivity index (χ4n) is 3.02. The maximum absolute atomic E-state index is 5.90. The van der Waals surface area contributed by atoms with Gasteiger partial charge in [-0.3, -0.25) is 0 Å². The Morgan fingerprint density at radius 3 is 2.31 bits per heavy atom. The molecule has 1 aliphatic rings. The molecule has 0 aromatic carbocycles. The van der Waals surface area contributed by atoms with Crippen LogP contribution in [0.15, 0.2) is 0 Å². The summed E-state index contributed by atoms with van der Waals surface area (Å²) in [6.07, 6.45) is 6.83. The molecule has 0 amide bonds. The molecule has 16 heavy (non-hydrogen) atoms. The lowest BCUT2D eigenvalue weighted by atomic mass is 9.79. The Labute approximate surface area is 102 Å². The van der Waals surface area contributed by atoms with Crippen molar-refractivity contribution in [3.8, 4) is 0 Å². The van der Waals surface area contributed by atoms with Crippen molar-refractivity contribution in [1.82, 2.24) is 4.90 Å². The molecular formula is C14H30N2. The van der Waals surface area contributed by atoms with Gasteiger partial charge >= 0.3 is 0 Å². The largest absolute Gasteiger partial charge is 0.330 e. The van der Waals surface area contributed by atoms with Gasteiger partial charge in [-0.2, -0.15) is 0 Å². The van der Waals surface area contributed by atoms with E-state index in [1.54, 1.807) is 0 Å². The summed E-state index contributed by atoms with van der Waals surface area (Å²) in [5, 5.41) is 0. The Bertz CT molecular complexity index is 182. The van der Waals surface area contributed by atoms with Crippen molar-refractivity contribution in [2.24, 2.45) is 17.6 Å². The lowest BCUT2D eigenvalue weighted by Gasteiger charge is -2.37. The first kappa shape index (κ1) is 14.0. The monoisotopic (exact) mass is 226 g/mol. The third kappa shape index (κ3) is 3.74. The van der Waals surface area contributed by atoms with Gasteiger partial charge in [0.25, 0.3) is 0 Å². The Hall–Kier alpha value is -0.0800. The van der Waals surface area contributed by atoms with Crippen LogP contribution in [0.4, 0.5) is 0 Å². The molecule has 1 fully saturated rings. The number of nitrogens with zero attached hydrogens (tertiary/aromatic N) is 1. The van der Waals surface area contributed by atoms with Gasteiger partial charge in [0.2, 0.25) is 0 Å². The van der Waals surface area contributed by atoms with E-state index in [2.05, 4.69) is 25.7 Å². The van der Waals surface area contributed by atoms with E-state index in [-0.39, 0.29) is 0 Å². The molecule has 0 bridgehead atoms. The van der Waals surface area contributed by atoms with Crippen molar-refractivity contribution in [3.63, 3.8) is 0 Å². The summed E-state index contributed by atoms with van der Waals surface area (Å²) in [5.74, 6) is 1.64. The van der Waals surface area contributed by atoms with Gasteiger partial charge in [0.15, 0.2) is 0 Å². The minimum atomic E-state index is 0.727. The van der Waals surface area contributed by atoms with Crippen LogP contribution in [-0.4, -0.2) is 30.6 Å². The van der Waals surface area contributed by atoms with Crippen LogP contribution in [0.25, 0.3) is 0 Å². The quantitative estimate of drug-likeness (QED) is 0.754. The number of nitrogens with two attached hydrogens (primary N) is 1. The van der Waals surface area contributed by atoms with Crippen LogP contribution in [0.3, 0.4) is 0 Å². The predicted octanol–water partition coefficient (Wildman–Crippen LogP) is 2.87. The zero-order valence-corrected chi connectivity index (χ0v) is 11.4. The summed E-state index contributed by atoms with van der Waals surface area (Å²) in [4.78, 5) is 2.64. The molecule has 2 N–H and O–H groups in total. The average molecular weight is 226 g/mol. The average Bonchev–Trinajstić information content (AvgIpc) is 2.35. The molecular weight excluding hydrogens is 196 g/mol. The van der Waals surface area contributed by atoms with Gasteiger partial charge in [-0.05, 0) is 51.1 Å². The van der Waals surface area contributed by atoms with Crippen molar-refractivity contribution >= 4 is 0 Å². The molecule has 0 aliphatic heterocycles. The first-order chi connectivity index (χ1) is 7.72. The maximum atomic E-state index is 5.90. The first-order valence-electron chi connectivity index (χ1n) is 7.17. The van der Waals surface area contributed by atoms with E-state index >= 15 is 0 Å². The molecule has 2 heteroatoms. The highest BCUT2D eigenvalue weighted by Gasteiger charge is 2.26. The van der Waals surface area contributed by atoms with E-state index in [0.717, 1.165) is 24.4 Å². The first-order valence-corrected chi connectivity index (χ1v) is 7.17. The topological polar surface area (TPSA) is 29.3 Å². The van der Waals surface area contributed by atoms with Crippen LogP contribution in [0.5, 0.6) is 0 Å². The summed E-state index contributed by atoms with van der Waals surface area (Å²) >= 11 is 0. The van der Waals surface area contributed by atoms with Gasteiger partial charge in [-0.25, -0.2) is 0 Å². The van der Waals surface area contributed by atoms with E-state index in [0.29, 0.717) is 0 Å². The lowest BCUT2D eigenvalue weighted by Crippen LogP contribution is -2.41. The summed E-state index contributed by atoms with van der Waals surface area (Å²) in [5.41, 5.74) is 5.90. The van der Waals surface area contributed by atoms with Crippen molar-refractivity contribution in [3.05, 3.63) is 0 Å². The minimum Gasteiger partial charge on any atom is -0.330 e. The van der Waals surface area contributed by atoms with Gasteiger partial charge in [0.1, 0.15) is 0 Å². The second-order valence-electron chi connectivity index (χ2n) is 5.39. The van der Waals surface area contributed by atoms with Crippen LogP contribution in [0.2, 0.25) is 0 Å². The van der Waals surface area contributed by atoms with E-state index in [9.17, 15) is 0 Å². The van der Waals surface area contributed by atoms with Gasteiger partial charge in [0.05, 0.1) is 0 Å². The zero-order chi connectivity index (χ0) is 12.0. The fraction of sp³-hybridized carbons (Fsp3) is 1.00. The van der Waals surface area contributed by atoms with Crippen LogP contribution >= 0.6 is 0 Å². The lowest BCUT2D eigenvalue weighted by molar-refractivity contribution is 0.127. The Morgan fingerprint density at radius 1 is 1.19 bits per heavy atom. The van der Waals surface area contributed by atoms with Gasteiger partial charge in [-0.1, -0.05) is 26.7 Å². The van der Waals surface area contributed by atoms with E-state index in [4.69, 9.17) is 5.73 Å². The highest BCUT2D eigenvalue weighted by Crippen LogP contribution is 2.30. The van der Waals surface area contributed by atoms with Gasteiger partial charge in [-0.15, -0.1) is 0 Å². The van der Waals surface area contributed by atoms with E-state index in [1.165, 1.54) is 45.2 Å². The van der Waals surface area contributed by atoms with E-state index in [1.807, 2.05) is 0 Å². The third-order valence-corrected chi connectivity index (χ3v) is 4.46. The summed E-state index contributed by atoms with van der Waals surface area (Å²) in [7, 11) is 0. The predicted molar refractivity (Wildman–Crippen MR) is 71.5 cm³/mol. The standard InChI is InChI=1S/C14H30N2/c1-4-12(3)16(5-2)11-14-9-7-6-8-13(14)10-15/h12-14H,4-11,15H2,1-3H3. The van der Waals surface area contributed by atoms with Crippen molar-refractivity contribution in [2.45, 2.75) is 58.9 Å². The second-order valence-corrected chi connectivity index (χ2v) is 5.39. The Balaban J connectivity index is 2.48. The molecule has 1 rings (SSSR count). The van der Waals surface area contributed by atoms with Crippen molar-refractivity contribution in [2.75, 3.05) is 19.6 Å². The molecule has 0 saturated heterocycles. The number of hydrogen-bond acceptors (Lipinski definition) is 2. The third-order valence-electron chi connectivity index (χ3n) is 4.46. The SMILES string of the molecule is CCC(C)N(CC)CC1CCCCC1CN. The van der Waals surface area contributed by atoms with Crippen molar-refractivity contribution in [1.29, 1.82) is 0 Å². The Kier molecular flexibility index (Phi) is 6.37. The molecule has 0 radical (unpaired) electrons. The smallest absolute Gasteiger partial charge is 0.00643 e. The van der Waals surface area contributed by atoms with Crippen LogP contribution in [0.1, 0.15) is 52.9 Å². The van der Waals surface area contributed by atoms with Gasteiger partial charge in [0, 0.05) is 12.6 Å². The summed E-state index contributed by atoms with van der Waals surface area (Å²) < 4.78 is 0. The molecule has 1 saturated carbocycles. The number of hydrogen-bond donors (Lipinski definition) is 1. The highest BCUT2D eigenvalue weighted by atomic mass is 15.1.